The van der Waals surface area contributed by atoms with E-state index in [9.17, 15) is 14.4 Å². The predicted octanol–water partition coefficient (Wildman–Crippen LogP) is 2.64. The van der Waals surface area contributed by atoms with Crippen LogP contribution in [0.4, 0.5) is 10.5 Å². The number of nitrogens with one attached hydrogen (secondary N) is 1. The number of carbonyl (C=O) groups is 3. The van der Waals surface area contributed by atoms with Crippen molar-refractivity contribution in [2.75, 3.05) is 4.90 Å². The molecule has 0 aliphatic carbocycles. The van der Waals surface area contributed by atoms with E-state index in [0.29, 0.717) is 18.5 Å². The number of carbonyl (C=O) groups excluding carboxylic acids is 3. The van der Waals surface area contributed by atoms with Gasteiger partial charge in [-0.2, -0.15) is 0 Å². The molecule has 1 N–H and O–H groups in total. The maximum absolute atomic E-state index is 12.4. The molecular formula is C16H20N2O3. The summed E-state index contributed by atoms with van der Waals surface area (Å²) in [7, 11) is 0. The summed E-state index contributed by atoms with van der Waals surface area (Å²) >= 11 is 0. The molecule has 1 unspecified atom stereocenters. The fourth-order valence-electron chi connectivity index (χ4n) is 2.50. The van der Waals surface area contributed by atoms with Gasteiger partial charge in [0.05, 0.1) is 5.69 Å². The molecule has 0 spiro atoms. The fourth-order valence-corrected chi connectivity index (χ4v) is 2.50. The molecule has 21 heavy (non-hydrogen) atoms. The van der Waals surface area contributed by atoms with Crippen LogP contribution in [0.1, 0.15) is 38.7 Å². The van der Waals surface area contributed by atoms with Crippen LogP contribution in [0.5, 0.6) is 0 Å². The van der Waals surface area contributed by atoms with Crippen molar-refractivity contribution in [2.24, 2.45) is 5.92 Å². The third kappa shape index (κ3) is 3.12. The van der Waals surface area contributed by atoms with Gasteiger partial charge in [-0.1, -0.05) is 38.8 Å². The van der Waals surface area contributed by atoms with Gasteiger partial charge >= 0.3 is 6.03 Å². The Morgan fingerprint density at radius 1 is 1.05 bits per heavy atom. The van der Waals surface area contributed by atoms with Crippen molar-refractivity contribution >= 4 is 23.5 Å². The number of amides is 4. The summed E-state index contributed by atoms with van der Waals surface area (Å²) in [6.45, 7) is 4.00. The van der Waals surface area contributed by atoms with Crippen molar-refractivity contribution in [1.82, 2.24) is 5.32 Å². The molecule has 0 radical (unpaired) electrons. The van der Waals surface area contributed by atoms with Crippen molar-refractivity contribution in [1.29, 1.82) is 0 Å². The summed E-state index contributed by atoms with van der Waals surface area (Å²) in [5.74, 6) is -1.71. The standard InChI is InChI=1S/C16H20N2O3/c1-3-5-11-7-9-12(10-8-11)18-15(20)13(6-4-2)14(19)17-16(18)21/h7-10,13H,3-6H2,1-2H3,(H,17,19,21). The van der Waals surface area contributed by atoms with Crippen LogP contribution in [0.25, 0.3) is 0 Å². The average molecular weight is 288 g/mol. The summed E-state index contributed by atoms with van der Waals surface area (Å²) in [5.41, 5.74) is 1.67. The molecule has 4 amide bonds. The minimum absolute atomic E-state index is 0.436. The van der Waals surface area contributed by atoms with E-state index in [1.165, 1.54) is 0 Å². The monoisotopic (exact) mass is 288 g/mol. The number of urea groups is 1. The number of aryl methyl sites for hydroxylation is 1. The first kappa shape index (κ1) is 15.2. The summed E-state index contributed by atoms with van der Waals surface area (Å²) in [6.07, 6.45) is 3.15. The average Bonchev–Trinajstić information content (AvgIpc) is 2.45. The molecule has 1 saturated heterocycles. The summed E-state index contributed by atoms with van der Waals surface area (Å²) in [4.78, 5) is 37.1. The summed E-state index contributed by atoms with van der Waals surface area (Å²) in [5, 5.41) is 2.26. The normalized spacial score (nSPS) is 18.9. The number of hydrogen-bond acceptors (Lipinski definition) is 3. The van der Waals surface area contributed by atoms with Crippen molar-refractivity contribution < 1.29 is 14.4 Å². The molecule has 1 aromatic carbocycles. The molecule has 1 aliphatic rings. The number of rotatable bonds is 5. The van der Waals surface area contributed by atoms with E-state index in [2.05, 4.69) is 12.2 Å². The second kappa shape index (κ2) is 6.52. The fraction of sp³-hybridized carbons (Fsp3) is 0.438. The number of benzene rings is 1. The maximum Gasteiger partial charge on any atom is 0.335 e. The number of imide groups is 2. The second-order valence-electron chi connectivity index (χ2n) is 5.23. The van der Waals surface area contributed by atoms with Gasteiger partial charge in [0, 0.05) is 0 Å². The van der Waals surface area contributed by atoms with E-state index < -0.39 is 23.8 Å². The SMILES string of the molecule is CCCc1ccc(N2C(=O)NC(=O)C(CCC)C2=O)cc1. The van der Waals surface area contributed by atoms with E-state index in [1.807, 2.05) is 19.1 Å². The number of hydrogen-bond donors (Lipinski definition) is 1. The predicted molar refractivity (Wildman–Crippen MR) is 79.9 cm³/mol. The molecule has 1 aromatic rings. The quantitative estimate of drug-likeness (QED) is 0.847. The Morgan fingerprint density at radius 2 is 1.71 bits per heavy atom. The Balaban J connectivity index is 2.26. The lowest BCUT2D eigenvalue weighted by Crippen LogP contribution is -2.58. The first-order valence-corrected chi connectivity index (χ1v) is 7.36. The summed E-state index contributed by atoms with van der Waals surface area (Å²) < 4.78 is 0. The first-order chi connectivity index (χ1) is 10.1. The third-order valence-electron chi connectivity index (χ3n) is 3.58. The highest BCUT2D eigenvalue weighted by Gasteiger charge is 2.40. The number of nitrogens with zero attached hydrogens (tertiary/aromatic N) is 1. The molecule has 112 valence electrons. The van der Waals surface area contributed by atoms with Gasteiger partial charge in [-0.05, 0) is 30.5 Å². The topological polar surface area (TPSA) is 66.5 Å². The van der Waals surface area contributed by atoms with Gasteiger partial charge in [-0.15, -0.1) is 0 Å². The molecular weight excluding hydrogens is 268 g/mol. The largest absolute Gasteiger partial charge is 0.335 e. The molecule has 1 atom stereocenters. The van der Waals surface area contributed by atoms with Gasteiger partial charge in [0.15, 0.2) is 0 Å². The van der Waals surface area contributed by atoms with E-state index in [0.717, 1.165) is 23.3 Å². The van der Waals surface area contributed by atoms with E-state index >= 15 is 0 Å². The molecule has 5 heteroatoms. The van der Waals surface area contributed by atoms with Crippen LogP contribution >= 0.6 is 0 Å². The van der Waals surface area contributed by atoms with Crippen LogP contribution in [-0.4, -0.2) is 17.8 Å². The first-order valence-electron chi connectivity index (χ1n) is 7.36. The smallest absolute Gasteiger partial charge is 0.277 e. The van der Waals surface area contributed by atoms with Crippen molar-refractivity contribution in [3.8, 4) is 0 Å². The third-order valence-corrected chi connectivity index (χ3v) is 3.58. The Morgan fingerprint density at radius 3 is 2.29 bits per heavy atom. The van der Waals surface area contributed by atoms with Crippen molar-refractivity contribution in [3.63, 3.8) is 0 Å². The van der Waals surface area contributed by atoms with Gasteiger partial charge in [0.2, 0.25) is 11.8 Å². The Hall–Kier alpha value is -2.17. The van der Waals surface area contributed by atoms with E-state index in [-0.39, 0.29) is 0 Å². The molecule has 5 nitrogen and oxygen atoms in total. The highest BCUT2D eigenvalue weighted by Crippen LogP contribution is 2.23. The molecule has 0 saturated carbocycles. The molecule has 1 fully saturated rings. The van der Waals surface area contributed by atoms with Crippen molar-refractivity contribution in [3.05, 3.63) is 29.8 Å². The van der Waals surface area contributed by atoms with Crippen molar-refractivity contribution in [2.45, 2.75) is 39.5 Å². The highest BCUT2D eigenvalue weighted by atomic mass is 16.2. The molecule has 2 rings (SSSR count). The van der Waals surface area contributed by atoms with E-state index in [4.69, 9.17) is 0 Å². The Kier molecular flexibility index (Phi) is 4.73. The zero-order valence-electron chi connectivity index (χ0n) is 12.4. The van der Waals surface area contributed by atoms with E-state index in [1.54, 1.807) is 12.1 Å². The molecule has 1 aliphatic heterocycles. The minimum Gasteiger partial charge on any atom is -0.277 e. The zero-order chi connectivity index (χ0) is 15.4. The van der Waals surface area contributed by atoms with Gasteiger partial charge in [0.25, 0.3) is 0 Å². The van der Waals surface area contributed by atoms with Gasteiger partial charge in [0.1, 0.15) is 5.92 Å². The highest BCUT2D eigenvalue weighted by molar-refractivity contribution is 6.27. The Labute approximate surface area is 124 Å². The lowest BCUT2D eigenvalue weighted by atomic mass is 9.98. The number of anilines is 1. The summed E-state index contributed by atoms with van der Waals surface area (Å²) in [6, 6.07) is 6.65. The molecule has 0 bridgehead atoms. The van der Waals surface area contributed by atoms with Gasteiger partial charge in [-0.3, -0.25) is 14.9 Å². The van der Waals surface area contributed by atoms with Crippen LogP contribution in [0.15, 0.2) is 24.3 Å². The minimum atomic E-state index is -0.775. The number of barbiturate groups is 1. The maximum atomic E-state index is 12.4. The second-order valence-corrected chi connectivity index (χ2v) is 5.23. The lowest BCUT2D eigenvalue weighted by Gasteiger charge is -2.30. The lowest BCUT2D eigenvalue weighted by molar-refractivity contribution is -0.134. The van der Waals surface area contributed by atoms with Crippen LogP contribution in [0, 0.1) is 5.92 Å². The Bertz CT molecular complexity index is 551. The molecule has 0 aromatic heterocycles. The van der Waals surface area contributed by atoms with Crippen LogP contribution in [-0.2, 0) is 16.0 Å². The van der Waals surface area contributed by atoms with Crippen LogP contribution in [0.2, 0.25) is 0 Å². The van der Waals surface area contributed by atoms with Crippen LogP contribution in [0.3, 0.4) is 0 Å². The van der Waals surface area contributed by atoms with Gasteiger partial charge < -0.3 is 0 Å². The zero-order valence-corrected chi connectivity index (χ0v) is 12.4. The molecule has 1 heterocycles. The van der Waals surface area contributed by atoms with Crippen LogP contribution < -0.4 is 10.2 Å². The van der Waals surface area contributed by atoms with Gasteiger partial charge in [-0.25, -0.2) is 9.69 Å².